The predicted octanol–water partition coefficient (Wildman–Crippen LogP) is 5.19. The molecule has 2 aromatic carbocycles. The Morgan fingerprint density at radius 2 is 1.77 bits per heavy atom. The molecule has 0 fully saturated rings. The lowest BCUT2D eigenvalue weighted by atomic mass is 10.0. The molecule has 0 unspecified atom stereocenters. The lowest BCUT2D eigenvalue weighted by Crippen LogP contribution is -2.28. The molecule has 7 heteroatoms. The van der Waals surface area contributed by atoms with Crippen LogP contribution in [0.1, 0.15) is 25.5 Å². The predicted molar refractivity (Wildman–Crippen MR) is 123 cm³/mol. The zero-order valence-electron chi connectivity index (χ0n) is 17.5. The number of aromatic nitrogens is 3. The van der Waals surface area contributed by atoms with Crippen LogP contribution in [-0.2, 0) is 11.3 Å². The average molecular weight is 433 g/mol. The fourth-order valence-electron chi connectivity index (χ4n) is 3.36. The minimum absolute atomic E-state index is 0.0464. The molecule has 31 heavy (non-hydrogen) atoms. The third-order valence-corrected chi connectivity index (χ3v) is 5.97. The maximum atomic E-state index is 12.5. The maximum absolute atomic E-state index is 12.5. The van der Waals surface area contributed by atoms with Crippen molar-refractivity contribution in [2.24, 2.45) is 0 Å². The summed E-state index contributed by atoms with van der Waals surface area (Å²) in [5.41, 5.74) is 3.40. The van der Waals surface area contributed by atoms with E-state index in [-0.39, 0.29) is 17.7 Å². The van der Waals surface area contributed by atoms with E-state index < -0.39 is 0 Å². The summed E-state index contributed by atoms with van der Waals surface area (Å²) in [4.78, 5) is 12.5. The van der Waals surface area contributed by atoms with E-state index in [0.29, 0.717) is 23.3 Å². The van der Waals surface area contributed by atoms with Gasteiger partial charge in [-0.25, -0.2) is 0 Å². The first-order valence-corrected chi connectivity index (χ1v) is 11.2. The third-order valence-electron chi connectivity index (χ3n) is 5.00. The largest absolute Gasteiger partial charge is 0.461 e. The van der Waals surface area contributed by atoms with Gasteiger partial charge in [-0.2, -0.15) is 0 Å². The molecule has 0 aliphatic heterocycles. The van der Waals surface area contributed by atoms with Gasteiger partial charge in [0, 0.05) is 6.54 Å². The molecule has 0 bridgehead atoms. The number of rotatable bonds is 8. The summed E-state index contributed by atoms with van der Waals surface area (Å²) in [5, 5.41) is 12.2. The van der Waals surface area contributed by atoms with E-state index in [0.717, 1.165) is 11.1 Å². The fraction of sp³-hybridized carbons (Fsp3) is 0.208. The van der Waals surface area contributed by atoms with E-state index in [1.165, 1.54) is 17.3 Å². The second-order valence-electron chi connectivity index (χ2n) is 7.09. The summed E-state index contributed by atoms with van der Waals surface area (Å²) in [6.45, 7) is 4.70. The Morgan fingerprint density at radius 3 is 2.45 bits per heavy atom. The number of hydrogen-bond donors (Lipinski definition) is 1. The molecule has 6 nitrogen and oxygen atoms in total. The quantitative estimate of drug-likeness (QED) is 0.388. The van der Waals surface area contributed by atoms with Gasteiger partial charge >= 0.3 is 0 Å². The van der Waals surface area contributed by atoms with Gasteiger partial charge in [0.25, 0.3) is 0 Å². The minimum Gasteiger partial charge on any atom is -0.461 e. The zero-order valence-corrected chi connectivity index (χ0v) is 18.3. The summed E-state index contributed by atoms with van der Waals surface area (Å²) in [7, 11) is 0. The van der Waals surface area contributed by atoms with E-state index in [2.05, 4.69) is 51.9 Å². The molecule has 0 saturated heterocycles. The fourth-order valence-corrected chi connectivity index (χ4v) is 4.17. The van der Waals surface area contributed by atoms with Crippen molar-refractivity contribution >= 4 is 17.7 Å². The van der Waals surface area contributed by atoms with Crippen molar-refractivity contribution in [2.75, 3.05) is 5.75 Å². The van der Waals surface area contributed by atoms with Crippen molar-refractivity contribution in [2.45, 2.75) is 31.6 Å². The first-order valence-electron chi connectivity index (χ1n) is 10.2. The highest BCUT2D eigenvalue weighted by Crippen LogP contribution is 2.25. The molecule has 0 spiro atoms. The van der Waals surface area contributed by atoms with Crippen LogP contribution in [0.15, 0.2) is 82.6 Å². The molecule has 1 N–H and O–H groups in total. The second-order valence-corrected chi connectivity index (χ2v) is 8.04. The van der Waals surface area contributed by atoms with Gasteiger partial charge in [0.15, 0.2) is 16.7 Å². The van der Waals surface area contributed by atoms with Crippen LogP contribution in [-0.4, -0.2) is 26.4 Å². The van der Waals surface area contributed by atoms with Gasteiger partial charge in [0.05, 0.1) is 18.1 Å². The standard InChI is InChI=1S/C24H24N4O2S/c1-3-28-23(21-10-7-15-30-21)26-27-24(28)31-16-22(29)25-17(2)18-11-13-20(14-12-18)19-8-5-4-6-9-19/h4-15,17H,3,16H2,1-2H3,(H,25,29)/t17-/m1/s1. The minimum atomic E-state index is -0.0827. The third kappa shape index (κ3) is 4.88. The Labute approximate surface area is 185 Å². The number of furan rings is 1. The average Bonchev–Trinajstić information content (AvgIpc) is 3.48. The maximum Gasteiger partial charge on any atom is 0.230 e. The number of carbonyl (C=O) groups is 1. The highest BCUT2D eigenvalue weighted by atomic mass is 32.2. The molecule has 4 rings (SSSR count). The summed E-state index contributed by atoms with van der Waals surface area (Å²) >= 11 is 1.37. The molecule has 0 aliphatic carbocycles. The monoisotopic (exact) mass is 432 g/mol. The summed E-state index contributed by atoms with van der Waals surface area (Å²) in [5.74, 6) is 1.55. The lowest BCUT2D eigenvalue weighted by Gasteiger charge is -2.15. The van der Waals surface area contributed by atoms with Gasteiger partial charge in [-0.1, -0.05) is 66.4 Å². The van der Waals surface area contributed by atoms with Crippen molar-refractivity contribution < 1.29 is 9.21 Å². The number of thioether (sulfide) groups is 1. The van der Waals surface area contributed by atoms with Gasteiger partial charge in [0.1, 0.15) is 0 Å². The Balaban J connectivity index is 1.35. The molecule has 158 valence electrons. The summed E-state index contributed by atoms with van der Waals surface area (Å²) in [6, 6.07) is 22.1. The molecular weight excluding hydrogens is 408 g/mol. The van der Waals surface area contributed by atoms with Crippen LogP contribution in [0.5, 0.6) is 0 Å². The molecule has 0 radical (unpaired) electrons. The number of hydrogen-bond acceptors (Lipinski definition) is 5. The smallest absolute Gasteiger partial charge is 0.230 e. The molecule has 2 aromatic heterocycles. The number of nitrogens with one attached hydrogen (secondary N) is 1. The Kier molecular flexibility index (Phi) is 6.52. The summed E-state index contributed by atoms with van der Waals surface area (Å²) < 4.78 is 7.37. The van der Waals surface area contributed by atoms with E-state index in [9.17, 15) is 4.79 Å². The number of amides is 1. The van der Waals surface area contributed by atoms with Crippen LogP contribution in [0.2, 0.25) is 0 Å². The van der Waals surface area contributed by atoms with E-state index >= 15 is 0 Å². The Hall–Kier alpha value is -3.32. The molecule has 4 aromatic rings. The van der Waals surface area contributed by atoms with Crippen LogP contribution < -0.4 is 5.32 Å². The second kappa shape index (κ2) is 9.66. The van der Waals surface area contributed by atoms with Crippen LogP contribution in [0.3, 0.4) is 0 Å². The van der Waals surface area contributed by atoms with Gasteiger partial charge in [-0.05, 0) is 42.7 Å². The van der Waals surface area contributed by atoms with Crippen molar-refractivity contribution in [3.05, 3.63) is 78.6 Å². The molecule has 0 aliphatic rings. The topological polar surface area (TPSA) is 73.0 Å². The first kappa shape index (κ1) is 20.9. The number of carbonyl (C=O) groups excluding carboxylic acids is 1. The van der Waals surface area contributed by atoms with Crippen molar-refractivity contribution in [1.82, 2.24) is 20.1 Å². The van der Waals surface area contributed by atoms with Crippen molar-refractivity contribution in [3.63, 3.8) is 0 Å². The van der Waals surface area contributed by atoms with Gasteiger partial charge < -0.3 is 9.73 Å². The van der Waals surface area contributed by atoms with E-state index in [1.807, 2.05) is 48.7 Å². The zero-order chi connectivity index (χ0) is 21.6. The first-order chi connectivity index (χ1) is 15.2. The molecular formula is C24H24N4O2S. The highest BCUT2D eigenvalue weighted by molar-refractivity contribution is 7.99. The van der Waals surface area contributed by atoms with Crippen LogP contribution in [0.25, 0.3) is 22.7 Å². The van der Waals surface area contributed by atoms with Crippen molar-refractivity contribution in [3.8, 4) is 22.7 Å². The van der Waals surface area contributed by atoms with Gasteiger partial charge in [0.2, 0.25) is 5.91 Å². The van der Waals surface area contributed by atoms with Gasteiger partial charge in [-0.15, -0.1) is 10.2 Å². The molecule has 0 saturated carbocycles. The van der Waals surface area contributed by atoms with E-state index in [1.54, 1.807) is 6.26 Å². The Bertz CT molecular complexity index is 1120. The van der Waals surface area contributed by atoms with Crippen LogP contribution in [0.4, 0.5) is 0 Å². The van der Waals surface area contributed by atoms with Crippen LogP contribution >= 0.6 is 11.8 Å². The number of nitrogens with zero attached hydrogens (tertiary/aromatic N) is 3. The number of benzene rings is 2. The Morgan fingerprint density at radius 1 is 1.03 bits per heavy atom. The van der Waals surface area contributed by atoms with Crippen molar-refractivity contribution in [1.29, 1.82) is 0 Å². The highest BCUT2D eigenvalue weighted by Gasteiger charge is 2.17. The SMILES string of the molecule is CCn1c(SCC(=O)N[C@H](C)c2ccc(-c3ccccc3)cc2)nnc1-c1ccco1. The lowest BCUT2D eigenvalue weighted by molar-refractivity contribution is -0.119. The van der Waals surface area contributed by atoms with Gasteiger partial charge in [-0.3, -0.25) is 9.36 Å². The van der Waals surface area contributed by atoms with E-state index in [4.69, 9.17) is 4.42 Å². The van der Waals surface area contributed by atoms with Crippen LogP contribution in [0, 0.1) is 0 Å². The molecule has 2 heterocycles. The normalized spacial score (nSPS) is 11.9. The summed E-state index contributed by atoms with van der Waals surface area (Å²) in [6.07, 6.45) is 1.61. The molecule has 1 amide bonds. The molecule has 1 atom stereocenters.